The second kappa shape index (κ2) is 27.6. The first-order valence-electron chi connectivity index (χ1n) is 16.0. The average Bonchev–Trinajstić information content (AvgIpc) is 3.07. The van der Waals surface area contributed by atoms with Crippen LogP contribution in [0.15, 0.2) is 48.5 Å². The van der Waals surface area contributed by atoms with E-state index in [9.17, 15) is 28.8 Å². The van der Waals surface area contributed by atoms with Crippen LogP contribution in [0.3, 0.4) is 0 Å². The van der Waals surface area contributed by atoms with Crippen LogP contribution < -0.4 is 21.3 Å². The standard InChI is InChI=1S/C17H23ClN2O3.C17H24N2O4.CH2ClI/c1-3-4-5-9-15(16(22)11-18)20-17(23)13-7-6-8-14(10-13)19-12(2)21;1-4-5-6-10-15(17(22)23-3)19-16(21)13-8-7-9-14(11-13)18-12(2)20;2-1-3/h6-8,10,15H,3-5,9,11H2,1-2H3,(H,19,21)(H,20,23);7-9,11,15H,4-6,10H2,1-3H3,(H,18,20)(H,19,21);1H2/t2*15-;/m00./s1. The van der Waals surface area contributed by atoms with Gasteiger partial charge in [0.15, 0.2) is 5.78 Å². The molecule has 0 bridgehead atoms. The predicted octanol–water partition coefficient (Wildman–Crippen LogP) is 7.25. The Labute approximate surface area is 313 Å². The van der Waals surface area contributed by atoms with Crippen LogP contribution in [0.2, 0.25) is 0 Å². The van der Waals surface area contributed by atoms with Crippen LogP contribution >= 0.6 is 45.8 Å². The Morgan fingerprint density at radius 2 is 1.12 bits per heavy atom. The lowest BCUT2D eigenvalue weighted by molar-refractivity contribution is -0.143. The van der Waals surface area contributed by atoms with Gasteiger partial charge in [0.1, 0.15) is 6.04 Å². The van der Waals surface area contributed by atoms with Gasteiger partial charge in [-0.2, -0.15) is 0 Å². The molecular formula is C35H49Cl2IN4O7. The van der Waals surface area contributed by atoms with Gasteiger partial charge < -0.3 is 26.0 Å². The monoisotopic (exact) mass is 834 g/mol. The Morgan fingerprint density at radius 1 is 0.714 bits per heavy atom. The molecule has 2 aromatic carbocycles. The summed E-state index contributed by atoms with van der Waals surface area (Å²) in [5.74, 6) is -1.90. The lowest BCUT2D eigenvalue weighted by Gasteiger charge is -2.17. The van der Waals surface area contributed by atoms with E-state index < -0.39 is 18.1 Å². The number of hydrogen-bond donors (Lipinski definition) is 4. The molecule has 2 rings (SSSR count). The van der Waals surface area contributed by atoms with Crippen LogP contribution in [0.4, 0.5) is 11.4 Å². The average molecular weight is 836 g/mol. The number of anilines is 2. The summed E-state index contributed by atoms with van der Waals surface area (Å²) in [5, 5.41) is 10.7. The van der Waals surface area contributed by atoms with E-state index in [4.69, 9.17) is 27.9 Å². The number of carbonyl (C=O) groups excluding carboxylic acids is 6. The Morgan fingerprint density at radius 3 is 1.49 bits per heavy atom. The van der Waals surface area contributed by atoms with Crippen molar-refractivity contribution in [2.75, 3.05) is 27.5 Å². The molecule has 0 aliphatic rings. The minimum atomic E-state index is -0.663. The Hall–Kier alpha value is -3.23. The van der Waals surface area contributed by atoms with Gasteiger partial charge in [0.2, 0.25) is 11.8 Å². The fourth-order valence-electron chi connectivity index (χ4n) is 4.36. The number of alkyl halides is 3. The largest absolute Gasteiger partial charge is 0.467 e. The number of esters is 1. The molecule has 0 saturated carbocycles. The third kappa shape index (κ3) is 20.8. The molecule has 49 heavy (non-hydrogen) atoms. The topological polar surface area (TPSA) is 160 Å². The van der Waals surface area contributed by atoms with Crippen LogP contribution in [-0.4, -0.2) is 64.3 Å². The fraction of sp³-hybridized carbons (Fsp3) is 0.486. The van der Waals surface area contributed by atoms with E-state index in [0.29, 0.717) is 39.2 Å². The summed E-state index contributed by atoms with van der Waals surface area (Å²) in [4.78, 5) is 70.5. The van der Waals surface area contributed by atoms with Gasteiger partial charge in [-0.05, 0) is 49.2 Å². The number of Topliss-reactive ketones (excluding diaryl/α,β-unsaturated/α-hetero) is 1. The molecule has 0 radical (unpaired) electrons. The van der Waals surface area contributed by atoms with Crippen molar-refractivity contribution >= 4 is 92.5 Å². The van der Waals surface area contributed by atoms with Crippen molar-refractivity contribution in [1.29, 1.82) is 0 Å². The van der Waals surface area contributed by atoms with E-state index in [1.807, 2.05) is 0 Å². The van der Waals surface area contributed by atoms with Crippen molar-refractivity contribution in [2.24, 2.45) is 0 Å². The van der Waals surface area contributed by atoms with Gasteiger partial charge in [-0.3, -0.25) is 24.0 Å². The van der Waals surface area contributed by atoms with E-state index in [1.165, 1.54) is 21.0 Å². The van der Waals surface area contributed by atoms with Gasteiger partial charge in [-0.1, -0.05) is 87.1 Å². The highest BCUT2D eigenvalue weighted by atomic mass is 127. The molecule has 0 aromatic heterocycles. The van der Waals surface area contributed by atoms with Crippen molar-refractivity contribution < 1.29 is 33.5 Å². The van der Waals surface area contributed by atoms with Gasteiger partial charge >= 0.3 is 5.97 Å². The maximum Gasteiger partial charge on any atom is 0.328 e. The molecule has 0 saturated heterocycles. The van der Waals surface area contributed by atoms with E-state index in [2.05, 4.69) is 57.7 Å². The van der Waals surface area contributed by atoms with Gasteiger partial charge in [-0.15, -0.1) is 23.2 Å². The third-order valence-electron chi connectivity index (χ3n) is 6.70. The van der Waals surface area contributed by atoms with Gasteiger partial charge in [-0.25, -0.2) is 4.79 Å². The number of hydrogen-bond acceptors (Lipinski definition) is 7. The smallest absolute Gasteiger partial charge is 0.328 e. The number of methoxy groups -OCH3 is 1. The summed E-state index contributed by atoms with van der Waals surface area (Å²) in [7, 11) is 1.30. The first-order valence-corrected chi connectivity index (χ1v) is 18.6. The molecule has 0 heterocycles. The second-order valence-electron chi connectivity index (χ2n) is 10.8. The van der Waals surface area contributed by atoms with Crippen molar-refractivity contribution in [3.63, 3.8) is 0 Å². The molecule has 2 aromatic rings. The lowest BCUT2D eigenvalue weighted by atomic mass is 10.0. The number of nitrogens with one attached hydrogen (secondary N) is 4. The van der Waals surface area contributed by atoms with Crippen molar-refractivity contribution in [1.82, 2.24) is 10.6 Å². The van der Waals surface area contributed by atoms with E-state index in [0.717, 1.165) is 38.5 Å². The molecule has 4 N–H and O–H groups in total. The SMILES string of the molecule is CCCCC[C@H](NC(=O)c1cccc(NC(C)=O)c1)C(=O)CCl.CCCCC[C@H](NC(=O)c1cccc(NC(C)=O)c1)C(=O)OC.ClCI. The molecule has 2 atom stereocenters. The predicted molar refractivity (Wildman–Crippen MR) is 205 cm³/mol. The van der Waals surface area contributed by atoms with Crippen LogP contribution in [-0.2, 0) is 23.9 Å². The number of carbonyl (C=O) groups is 6. The van der Waals surface area contributed by atoms with Gasteiger partial charge in [0.25, 0.3) is 11.8 Å². The number of ketones is 1. The van der Waals surface area contributed by atoms with Crippen LogP contribution in [0, 0.1) is 0 Å². The Kier molecular flexibility index (Phi) is 25.8. The summed E-state index contributed by atoms with van der Waals surface area (Å²) in [6.07, 6.45) is 6.86. The highest BCUT2D eigenvalue weighted by molar-refractivity contribution is 14.1. The summed E-state index contributed by atoms with van der Waals surface area (Å²) in [6.45, 7) is 6.94. The third-order valence-corrected chi connectivity index (χ3v) is 6.96. The number of halogens is 3. The Balaban J connectivity index is 0.000000870. The number of unbranched alkanes of at least 4 members (excludes halogenated alkanes) is 4. The molecule has 0 aliphatic heterocycles. The maximum atomic E-state index is 12.3. The van der Waals surface area contributed by atoms with E-state index in [1.54, 1.807) is 48.5 Å². The fourth-order valence-corrected chi connectivity index (χ4v) is 4.55. The zero-order valence-electron chi connectivity index (χ0n) is 28.8. The minimum absolute atomic E-state index is 0.122. The number of amides is 4. The molecule has 14 heteroatoms. The van der Waals surface area contributed by atoms with E-state index >= 15 is 0 Å². The van der Waals surface area contributed by atoms with Crippen molar-refractivity contribution in [2.45, 2.75) is 91.1 Å². The second-order valence-corrected chi connectivity index (χ2v) is 13.0. The zero-order chi connectivity index (χ0) is 37.2. The van der Waals surface area contributed by atoms with E-state index in [-0.39, 0.29) is 35.3 Å². The van der Waals surface area contributed by atoms with Gasteiger partial charge in [0, 0.05) is 36.3 Å². The van der Waals surface area contributed by atoms with Crippen molar-refractivity contribution in [3.05, 3.63) is 59.7 Å². The van der Waals surface area contributed by atoms with Crippen LogP contribution in [0.5, 0.6) is 0 Å². The summed E-state index contributed by atoms with van der Waals surface area (Å²) in [5.41, 5.74) is 1.84. The minimum Gasteiger partial charge on any atom is -0.467 e. The summed E-state index contributed by atoms with van der Waals surface area (Å²) in [6, 6.07) is 11.9. The number of rotatable bonds is 17. The zero-order valence-corrected chi connectivity index (χ0v) is 32.5. The van der Waals surface area contributed by atoms with Gasteiger partial charge in [0.05, 0.1) is 22.9 Å². The van der Waals surface area contributed by atoms with Crippen LogP contribution in [0.25, 0.3) is 0 Å². The molecule has 11 nitrogen and oxygen atoms in total. The van der Waals surface area contributed by atoms with Crippen LogP contribution in [0.1, 0.15) is 99.8 Å². The molecule has 272 valence electrons. The summed E-state index contributed by atoms with van der Waals surface area (Å²) < 4.78 is 5.44. The number of ether oxygens (including phenoxy) is 1. The highest BCUT2D eigenvalue weighted by Crippen LogP contribution is 2.14. The molecule has 0 unspecified atom stereocenters. The Bertz CT molecular complexity index is 1250. The summed E-state index contributed by atoms with van der Waals surface area (Å²) >= 11 is 12.7. The first kappa shape index (κ1) is 45.8. The number of benzene rings is 2. The maximum absolute atomic E-state index is 12.3. The molecule has 0 aliphatic carbocycles. The molecular weight excluding hydrogens is 786 g/mol. The van der Waals surface area contributed by atoms with Crippen molar-refractivity contribution in [3.8, 4) is 0 Å². The molecule has 0 spiro atoms. The molecule has 0 fully saturated rings. The quantitative estimate of drug-likeness (QED) is 0.0566. The molecule has 4 amide bonds. The first-order chi connectivity index (χ1) is 23.4. The normalized spacial score (nSPS) is 11.2. The highest BCUT2D eigenvalue weighted by Gasteiger charge is 2.22. The lowest BCUT2D eigenvalue weighted by Crippen LogP contribution is -2.41.